The lowest BCUT2D eigenvalue weighted by Crippen LogP contribution is -2.30. The van der Waals surface area contributed by atoms with Gasteiger partial charge in [0.25, 0.3) is 0 Å². The van der Waals surface area contributed by atoms with Gasteiger partial charge < -0.3 is 10.5 Å². The molecule has 0 saturated carbocycles. The fraction of sp³-hybridized carbons (Fsp3) is 0.538. The topological polar surface area (TPSA) is 81.4 Å². The average molecular weight is 286 g/mol. The first kappa shape index (κ1) is 16.1. The van der Waals surface area contributed by atoms with Crippen LogP contribution in [-0.2, 0) is 14.8 Å². The third kappa shape index (κ3) is 4.91. The van der Waals surface area contributed by atoms with E-state index in [1.165, 1.54) is 0 Å². The number of ether oxygens (including phenoxy) is 1. The normalized spacial score (nSPS) is 15.2. The Bertz CT molecular complexity index is 483. The third-order valence-corrected chi connectivity index (χ3v) is 4.23. The maximum Gasteiger partial charge on any atom is 0.240 e. The van der Waals surface area contributed by atoms with Crippen molar-refractivity contribution in [2.45, 2.75) is 24.8 Å². The van der Waals surface area contributed by atoms with E-state index in [4.69, 9.17) is 10.5 Å². The summed E-state index contributed by atoms with van der Waals surface area (Å²) in [7, 11) is -1.87. The van der Waals surface area contributed by atoms with Crippen molar-refractivity contribution in [2.75, 3.05) is 20.3 Å². The van der Waals surface area contributed by atoms with Gasteiger partial charge in [-0.1, -0.05) is 19.1 Å². The van der Waals surface area contributed by atoms with Crippen LogP contribution in [0.25, 0.3) is 0 Å². The third-order valence-electron chi connectivity index (χ3n) is 2.79. The molecule has 0 fully saturated rings. The molecule has 3 N–H and O–H groups in total. The molecule has 0 aliphatic rings. The second-order valence-corrected chi connectivity index (χ2v) is 6.54. The SMILES string of the molecule is COCC(C)CNS(=O)(=O)c1ccc(C(C)N)cc1. The number of hydrogen-bond acceptors (Lipinski definition) is 4. The van der Waals surface area contributed by atoms with Gasteiger partial charge in [-0.05, 0) is 30.5 Å². The first-order valence-corrected chi connectivity index (χ1v) is 7.69. The Morgan fingerprint density at radius 3 is 2.32 bits per heavy atom. The molecular weight excluding hydrogens is 264 g/mol. The molecule has 0 spiro atoms. The van der Waals surface area contributed by atoms with E-state index < -0.39 is 10.0 Å². The summed E-state index contributed by atoms with van der Waals surface area (Å²) >= 11 is 0. The van der Waals surface area contributed by atoms with Gasteiger partial charge in [0.05, 0.1) is 4.90 Å². The van der Waals surface area contributed by atoms with Crippen LogP contribution >= 0.6 is 0 Å². The minimum Gasteiger partial charge on any atom is -0.384 e. The quantitative estimate of drug-likeness (QED) is 0.791. The predicted molar refractivity (Wildman–Crippen MR) is 75.3 cm³/mol. The first-order valence-electron chi connectivity index (χ1n) is 6.21. The molecule has 2 unspecified atom stereocenters. The van der Waals surface area contributed by atoms with E-state index in [9.17, 15) is 8.42 Å². The maximum absolute atomic E-state index is 12.0. The van der Waals surface area contributed by atoms with Gasteiger partial charge in [0.2, 0.25) is 10.0 Å². The lowest BCUT2D eigenvalue weighted by molar-refractivity contribution is 0.161. The van der Waals surface area contributed by atoms with Crippen molar-refractivity contribution >= 4 is 10.0 Å². The Kier molecular flexibility index (Phi) is 5.93. The lowest BCUT2D eigenvalue weighted by atomic mass is 10.1. The van der Waals surface area contributed by atoms with Gasteiger partial charge in [0, 0.05) is 26.3 Å². The van der Waals surface area contributed by atoms with Crippen LogP contribution < -0.4 is 10.5 Å². The van der Waals surface area contributed by atoms with Gasteiger partial charge in [-0.25, -0.2) is 13.1 Å². The molecule has 108 valence electrons. The van der Waals surface area contributed by atoms with Crippen LogP contribution in [0.2, 0.25) is 0 Å². The zero-order valence-corrected chi connectivity index (χ0v) is 12.4. The van der Waals surface area contributed by atoms with E-state index in [0.29, 0.717) is 13.2 Å². The van der Waals surface area contributed by atoms with Crippen molar-refractivity contribution in [1.29, 1.82) is 0 Å². The molecule has 1 rings (SSSR count). The highest BCUT2D eigenvalue weighted by atomic mass is 32.2. The standard InChI is InChI=1S/C13H22N2O3S/c1-10(9-18-3)8-15-19(16,17)13-6-4-12(5-7-13)11(2)14/h4-7,10-11,15H,8-9,14H2,1-3H3. The summed E-state index contributed by atoms with van der Waals surface area (Å²) < 4.78 is 31.6. The smallest absolute Gasteiger partial charge is 0.240 e. The second kappa shape index (κ2) is 7.00. The van der Waals surface area contributed by atoms with Gasteiger partial charge in [-0.3, -0.25) is 0 Å². The first-order chi connectivity index (χ1) is 8.86. The molecule has 0 amide bonds. The fourth-order valence-corrected chi connectivity index (χ4v) is 2.79. The minimum atomic E-state index is -3.46. The molecule has 0 aliphatic carbocycles. The predicted octanol–water partition coefficient (Wildman–Crippen LogP) is 1.27. The summed E-state index contributed by atoms with van der Waals surface area (Å²) in [5.74, 6) is 0.128. The van der Waals surface area contributed by atoms with E-state index in [0.717, 1.165) is 5.56 Å². The Hall–Kier alpha value is -0.950. The highest BCUT2D eigenvalue weighted by molar-refractivity contribution is 7.89. The van der Waals surface area contributed by atoms with Crippen molar-refractivity contribution in [2.24, 2.45) is 11.7 Å². The van der Waals surface area contributed by atoms with Gasteiger partial charge >= 0.3 is 0 Å². The van der Waals surface area contributed by atoms with Crippen molar-refractivity contribution in [1.82, 2.24) is 4.72 Å². The summed E-state index contributed by atoms with van der Waals surface area (Å²) in [4.78, 5) is 0.251. The summed E-state index contributed by atoms with van der Waals surface area (Å²) in [6, 6.07) is 6.51. The van der Waals surface area contributed by atoms with E-state index in [2.05, 4.69) is 4.72 Å². The van der Waals surface area contributed by atoms with E-state index >= 15 is 0 Å². The van der Waals surface area contributed by atoms with Crippen molar-refractivity contribution in [3.8, 4) is 0 Å². The molecule has 0 radical (unpaired) electrons. The van der Waals surface area contributed by atoms with Crippen LogP contribution in [0.4, 0.5) is 0 Å². The molecule has 0 aromatic heterocycles. The van der Waals surface area contributed by atoms with Crippen LogP contribution in [-0.4, -0.2) is 28.7 Å². The molecule has 0 saturated heterocycles. The molecule has 0 aliphatic heterocycles. The Balaban J connectivity index is 2.72. The summed E-state index contributed by atoms with van der Waals surface area (Å²) in [5, 5.41) is 0. The number of benzene rings is 1. The molecule has 0 bridgehead atoms. The van der Waals surface area contributed by atoms with Gasteiger partial charge in [-0.2, -0.15) is 0 Å². The van der Waals surface area contributed by atoms with Crippen molar-refractivity contribution in [3.05, 3.63) is 29.8 Å². The minimum absolute atomic E-state index is 0.105. The summed E-state index contributed by atoms with van der Waals surface area (Å²) in [6.45, 7) is 4.65. The van der Waals surface area contributed by atoms with Crippen molar-refractivity contribution in [3.63, 3.8) is 0 Å². The Morgan fingerprint density at radius 1 is 1.26 bits per heavy atom. The highest BCUT2D eigenvalue weighted by Crippen LogP contribution is 2.14. The highest BCUT2D eigenvalue weighted by Gasteiger charge is 2.15. The molecular formula is C13H22N2O3S. The van der Waals surface area contributed by atoms with E-state index in [1.54, 1.807) is 31.4 Å². The number of hydrogen-bond donors (Lipinski definition) is 2. The molecule has 5 nitrogen and oxygen atoms in total. The number of nitrogens with one attached hydrogen (secondary N) is 1. The maximum atomic E-state index is 12.0. The molecule has 2 atom stereocenters. The Labute approximate surface area is 115 Å². The number of nitrogens with two attached hydrogens (primary N) is 1. The molecule has 1 aromatic rings. The lowest BCUT2D eigenvalue weighted by Gasteiger charge is -2.12. The van der Waals surface area contributed by atoms with Gasteiger partial charge in [0.15, 0.2) is 0 Å². The molecule has 19 heavy (non-hydrogen) atoms. The van der Waals surface area contributed by atoms with Crippen LogP contribution in [0.5, 0.6) is 0 Å². The fourth-order valence-electron chi connectivity index (χ4n) is 1.63. The second-order valence-electron chi connectivity index (χ2n) is 4.77. The Morgan fingerprint density at radius 2 is 1.84 bits per heavy atom. The zero-order valence-electron chi connectivity index (χ0n) is 11.6. The average Bonchev–Trinajstić information content (AvgIpc) is 2.37. The van der Waals surface area contributed by atoms with Crippen LogP contribution in [0, 0.1) is 5.92 Å². The largest absolute Gasteiger partial charge is 0.384 e. The van der Waals surface area contributed by atoms with Crippen LogP contribution in [0.3, 0.4) is 0 Å². The van der Waals surface area contributed by atoms with Crippen LogP contribution in [0.1, 0.15) is 25.5 Å². The van der Waals surface area contributed by atoms with Crippen LogP contribution in [0.15, 0.2) is 29.2 Å². The number of sulfonamides is 1. The number of methoxy groups -OCH3 is 1. The van der Waals surface area contributed by atoms with Gasteiger partial charge in [0.1, 0.15) is 0 Å². The molecule has 1 aromatic carbocycles. The van der Waals surface area contributed by atoms with E-state index in [1.807, 2.05) is 13.8 Å². The van der Waals surface area contributed by atoms with Gasteiger partial charge in [-0.15, -0.1) is 0 Å². The summed E-state index contributed by atoms with van der Waals surface area (Å²) in [6.07, 6.45) is 0. The van der Waals surface area contributed by atoms with Crippen molar-refractivity contribution < 1.29 is 13.2 Å². The van der Waals surface area contributed by atoms with E-state index in [-0.39, 0.29) is 16.9 Å². The monoisotopic (exact) mass is 286 g/mol. The number of rotatable bonds is 7. The molecule has 0 heterocycles. The summed E-state index contributed by atoms with van der Waals surface area (Å²) in [5.41, 5.74) is 6.63. The zero-order chi connectivity index (χ0) is 14.5. The molecule has 6 heteroatoms.